The number of ketones is 1. The maximum atomic E-state index is 14.9. The highest BCUT2D eigenvalue weighted by Gasteiger charge is 2.68. The van der Waals surface area contributed by atoms with Gasteiger partial charge in [0.25, 0.3) is 0 Å². The number of ether oxygens (including phenoxy) is 1. The van der Waals surface area contributed by atoms with Crippen molar-refractivity contribution in [2.24, 2.45) is 11.3 Å². The Bertz CT molecular complexity index is 1850. The molecule has 4 aromatic carbocycles. The molecule has 1 saturated carbocycles. The van der Waals surface area contributed by atoms with Gasteiger partial charge in [0.05, 0.1) is 18.6 Å². The van der Waals surface area contributed by atoms with Crippen molar-refractivity contribution in [2.75, 3.05) is 6.61 Å². The molecule has 11 heteroatoms. The van der Waals surface area contributed by atoms with Gasteiger partial charge in [-0.25, -0.2) is 0 Å². The lowest BCUT2D eigenvalue weighted by atomic mass is 9.47. The fourth-order valence-electron chi connectivity index (χ4n) is 6.58. The Balaban J connectivity index is 1.94. The minimum atomic E-state index is -2.11. The van der Waals surface area contributed by atoms with Crippen LogP contribution in [0.1, 0.15) is 52.2 Å². The van der Waals surface area contributed by atoms with Gasteiger partial charge < -0.3 is 9.84 Å². The van der Waals surface area contributed by atoms with Crippen LogP contribution in [0.25, 0.3) is 0 Å². The molecule has 1 aliphatic rings. The van der Waals surface area contributed by atoms with Crippen LogP contribution in [-0.4, -0.2) is 23.5 Å². The van der Waals surface area contributed by atoms with Gasteiger partial charge in [0.2, 0.25) is 0 Å². The van der Waals surface area contributed by atoms with E-state index in [1.54, 1.807) is 79.7 Å². The van der Waals surface area contributed by atoms with E-state index in [-0.39, 0.29) is 34.2 Å². The fraction of sp³-hybridized carbons (Fsp3) is 0.229. The third-order valence-electron chi connectivity index (χ3n) is 8.59. The maximum absolute atomic E-state index is 14.9. The molecular weight excluding hydrogens is 800 g/mol. The van der Waals surface area contributed by atoms with Crippen molar-refractivity contribution in [3.63, 3.8) is 0 Å². The van der Waals surface area contributed by atoms with Crippen LogP contribution in [0, 0.1) is 22.7 Å². The van der Waals surface area contributed by atoms with E-state index in [1.165, 1.54) is 12.1 Å². The topological polar surface area (TPSA) is 87.4 Å². The van der Waals surface area contributed by atoms with E-state index in [2.05, 4.69) is 37.9 Å². The molecular formula is C35H25Br2Cl4NO4. The second kappa shape index (κ2) is 14.0. The first-order valence-electron chi connectivity index (χ1n) is 14.1. The van der Waals surface area contributed by atoms with Crippen LogP contribution in [0.4, 0.5) is 0 Å². The average Bonchev–Trinajstić information content (AvgIpc) is 3.01. The summed E-state index contributed by atoms with van der Waals surface area (Å²) in [5.41, 5.74) is -2.77. The summed E-state index contributed by atoms with van der Waals surface area (Å²) in [6.45, 7) is 1.58. The first kappa shape index (κ1) is 34.9. The van der Waals surface area contributed by atoms with Gasteiger partial charge in [-0.1, -0.05) is 115 Å². The molecule has 0 aromatic heterocycles. The van der Waals surface area contributed by atoms with Gasteiger partial charge in [-0.05, 0) is 78.6 Å². The highest BCUT2D eigenvalue weighted by molar-refractivity contribution is 9.10. The van der Waals surface area contributed by atoms with E-state index < -0.39 is 40.5 Å². The second-order valence-electron chi connectivity index (χ2n) is 11.0. The van der Waals surface area contributed by atoms with E-state index in [0.717, 1.165) is 8.95 Å². The molecule has 236 valence electrons. The zero-order valence-electron chi connectivity index (χ0n) is 24.1. The van der Waals surface area contributed by atoms with Crippen LogP contribution < -0.4 is 0 Å². The molecule has 1 aliphatic carbocycles. The average molecular weight is 825 g/mol. The Labute approximate surface area is 303 Å². The molecule has 5 nitrogen and oxygen atoms in total. The highest BCUT2D eigenvalue weighted by atomic mass is 79.9. The minimum absolute atomic E-state index is 0.0489. The largest absolute Gasteiger partial charge is 0.465 e. The lowest BCUT2D eigenvalue weighted by Gasteiger charge is -2.54. The Morgan fingerprint density at radius 2 is 1.39 bits per heavy atom. The Hall–Kier alpha value is -2.41. The molecule has 0 amide bonds. The number of nitrogens with zero attached hydrogens (tertiary/aromatic N) is 1. The summed E-state index contributed by atoms with van der Waals surface area (Å²) in [4.78, 5) is 29.3. The van der Waals surface area contributed by atoms with Crippen LogP contribution in [0.15, 0.2) is 93.9 Å². The second-order valence-corrected chi connectivity index (χ2v) is 14.6. The van der Waals surface area contributed by atoms with Gasteiger partial charge in [0, 0.05) is 46.4 Å². The third-order valence-corrected chi connectivity index (χ3v) is 10.8. The van der Waals surface area contributed by atoms with Crippen LogP contribution >= 0.6 is 78.3 Å². The number of benzene rings is 4. The van der Waals surface area contributed by atoms with Gasteiger partial charge >= 0.3 is 5.97 Å². The van der Waals surface area contributed by atoms with Crippen molar-refractivity contribution >= 4 is 90.0 Å². The summed E-state index contributed by atoms with van der Waals surface area (Å²) in [7, 11) is 0. The number of carbonyl (C=O) groups excluding carboxylic acids is 2. The first-order chi connectivity index (χ1) is 21.9. The number of aliphatic hydroxyl groups is 1. The zero-order chi connectivity index (χ0) is 33.4. The molecule has 5 atom stereocenters. The van der Waals surface area contributed by atoms with E-state index in [1.807, 2.05) is 0 Å². The minimum Gasteiger partial charge on any atom is -0.465 e. The van der Waals surface area contributed by atoms with Gasteiger partial charge in [-0.3, -0.25) is 9.59 Å². The molecule has 0 saturated heterocycles. The lowest BCUT2D eigenvalue weighted by molar-refractivity contribution is -0.164. The smallest absolute Gasteiger partial charge is 0.327 e. The number of hydrogen-bond donors (Lipinski definition) is 1. The van der Waals surface area contributed by atoms with E-state index in [9.17, 15) is 20.0 Å². The van der Waals surface area contributed by atoms with Crippen molar-refractivity contribution < 1.29 is 19.4 Å². The molecule has 46 heavy (non-hydrogen) atoms. The fourth-order valence-corrected chi connectivity index (χ4v) is 8.18. The summed E-state index contributed by atoms with van der Waals surface area (Å²) in [6, 6.07) is 25.2. The normalized spacial score (nSPS) is 24.2. The van der Waals surface area contributed by atoms with E-state index in [4.69, 9.17) is 51.1 Å². The van der Waals surface area contributed by atoms with Gasteiger partial charge in [-0.15, -0.1) is 0 Å². The number of hydrogen-bond acceptors (Lipinski definition) is 5. The molecule has 0 spiro atoms. The summed E-state index contributed by atoms with van der Waals surface area (Å²) in [6.07, 6.45) is -0.253. The molecule has 0 heterocycles. The molecule has 4 aromatic rings. The van der Waals surface area contributed by atoms with Crippen LogP contribution in [-0.2, 0) is 15.1 Å². The van der Waals surface area contributed by atoms with Crippen LogP contribution in [0.3, 0.4) is 0 Å². The first-order valence-corrected chi connectivity index (χ1v) is 17.2. The third kappa shape index (κ3) is 6.26. The predicted molar refractivity (Wildman–Crippen MR) is 188 cm³/mol. The predicted octanol–water partition coefficient (Wildman–Crippen LogP) is 10.6. The van der Waals surface area contributed by atoms with E-state index >= 15 is 0 Å². The van der Waals surface area contributed by atoms with Crippen LogP contribution in [0.2, 0.25) is 20.1 Å². The van der Waals surface area contributed by atoms with Gasteiger partial charge in [-0.2, -0.15) is 5.26 Å². The van der Waals surface area contributed by atoms with Crippen molar-refractivity contribution in [1.82, 2.24) is 0 Å². The van der Waals surface area contributed by atoms with Gasteiger partial charge in [0.1, 0.15) is 5.60 Å². The quantitative estimate of drug-likeness (QED) is 0.148. The Morgan fingerprint density at radius 3 is 1.89 bits per heavy atom. The van der Waals surface area contributed by atoms with Gasteiger partial charge in [0.15, 0.2) is 11.2 Å². The zero-order valence-corrected chi connectivity index (χ0v) is 30.3. The molecule has 5 rings (SSSR count). The molecule has 0 aliphatic heterocycles. The molecule has 0 bridgehead atoms. The summed E-state index contributed by atoms with van der Waals surface area (Å²) < 4.78 is 7.13. The molecule has 1 N–H and O–H groups in total. The Kier molecular flexibility index (Phi) is 10.6. The number of Topliss-reactive ketones (excluding diaryl/α,β-unsaturated/α-hetero) is 1. The van der Waals surface area contributed by atoms with Crippen molar-refractivity contribution in [3.05, 3.63) is 136 Å². The Morgan fingerprint density at radius 1 is 0.870 bits per heavy atom. The maximum Gasteiger partial charge on any atom is 0.327 e. The van der Waals surface area contributed by atoms with E-state index in [0.29, 0.717) is 21.2 Å². The van der Waals surface area contributed by atoms with Crippen molar-refractivity contribution in [3.8, 4) is 6.07 Å². The number of nitriles is 1. The number of rotatable bonds is 7. The summed E-state index contributed by atoms with van der Waals surface area (Å²) >= 11 is 33.1. The monoisotopic (exact) mass is 821 g/mol. The standard InChI is InChI=1S/C35H25Br2Cl4NO4/c1-2-46-33(44)34(18-42)27(25-13-11-23(38)15-28(25)40)17-35(45,20-5-9-22(37)10-6-20)31(32(43)19-3-7-21(36)8-4-19)30(34)26-14-12-24(39)16-29(26)41/h3-16,27,30-31,45H,2,17H2,1H3/t27-,30+,31+,34+,35+/m1/s1. The van der Waals surface area contributed by atoms with Crippen molar-refractivity contribution in [2.45, 2.75) is 30.8 Å². The lowest BCUT2D eigenvalue weighted by Crippen LogP contribution is -2.59. The number of esters is 1. The van der Waals surface area contributed by atoms with Crippen molar-refractivity contribution in [1.29, 1.82) is 5.26 Å². The molecule has 0 radical (unpaired) electrons. The molecule has 0 unspecified atom stereocenters. The highest BCUT2D eigenvalue weighted by Crippen LogP contribution is 2.65. The van der Waals surface area contributed by atoms with Crippen LogP contribution in [0.5, 0.6) is 0 Å². The summed E-state index contributed by atoms with van der Waals surface area (Å²) in [5.74, 6) is -5.24. The number of halogens is 6. The molecule has 1 fully saturated rings. The summed E-state index contributed by atoms with van der Waals surface area (Å²) in [5, 5.41) is 25.3. The SMILES string of the molecule is CCOC(=O)[C@@]1(C#N)[C@@H](c2ccc(Cl)cc2Cl)C[C@](O)(c2ccc(Br)cc2)[C@H](C(=O)c2ccc(Br)cc2)[C@@H]1c1ccc(Cl)cc1Cl. The number of carbonyl (C=O) groups is 2.